The van der Waals surface area contributed by atoms with Gasteiger partial charge in [-0.25, -0.2) is 0 Å². The second-order valence-electron chi connectivity index (χ2n) is 5.40. The quantitative estimate of drug-likeness (QED) is 0.888. The Balaban J connectivity index is 1.80. The minimum Gasteiger partial charge on any atom is -0.476 e. The van der Waals surface area contributed by atoms with Crippen molar-refractivity contribution in [3.8, 4) is 5.88 Å². The van der Waals surface area contributed by atoms with Crippen LogP contribution in [-0.2, 0) is 0 Å². The zero-order chi connectivity index (χ0) is 12.5. The van der Waals surface area contributed by atoms with Crippen LogP contribution < -0.4 is 15.4 Å². The normalized spacial score (nSPS) is 25.7. The Morgan fingerprint density at radius 1 is 1.44 bits per heavy atom. The summed E-state index contributed by atoms with van der Waals surface area (Å²) in [6.45, 7) is 3.90. The monoisotopic (exact) mass is 247 g/mol. The van der Waals surface area contributed by atoms with Gasteiger partial charge in [0.1, 0.15) is 5.82 Å². The molecule has 0 aromatic carbocycles. The predicted molar refractivity (Wildman–Crippen MR) is 72.9 cm³/mol. The maximum atomic E-state index is 5.90. The number of fused-ring (bicyclic) bond motifs is 2. The second kappa shape index (κ2) is 4.67. The molecule has 1 aromatic heterocycles. The van der Waals surface area contributed by atoms with Gasteiger partial charge in [-0.1, -0.05) is 6.92 Å². The van der Waals surface area contributed by atoms with E-state index in [1.807, 2.05) is 12.1 Å². The number of aromatic nitrogens is 1. The van der Waals surface area contributed by atoms with E-state index < -0.39 is 0 Å². The first-order valence-electron chi connectivity index (χ1n) is 6.94. The van der Waals surface area contributed by atoms with Crippen molar-refractivity contribution in [2.24, 2.45) is 5.92 Å². The van der Waals surface area contributed by atoms with Crippen LogP contribution in [-0.4, -0.2) is 24.2 Å². The first-order valence-corrected chi connectivity index (χ1v) is 6.94. The molecule has 2 fully saturated rings. The number of nitrogens with two attached hydrogens (primary N) is 1. The minimum absolute atomic E-state index is 0.595. The van der Waals surface area contributed by atoms with Crippen LogP contribution in [0.3, 0.4) is 0 Å². The Labute approximate surface area is 108 Å². The van der Waals surface area contributed by atoms with Crippen LogP contribution in [0.5, 0.6) is 5.88 Å². The number of nitrogen functional groups attached to an aromatic ring is 1. The highest BCUT2D eigenvalue weighted by molar-refractivity contribution is 5.55. The number of hydrogen-bond acceptors (Lipinski definition) is 4. The van der Waals surface area contributed by atoms with Gasteiger partial charge in [0, 0.05) is 12.6 Å². The van der Waals surface area contributed by atoms with Crippen LogP contribution in [0.1, 0.15) is 32.6 Å². The first-order chi connectivity index (χ1) is 8.78. The molecular formula is C14H21N3O. The average Bonchev–Trinajstić information content (AvgIpc) is 3.00. The molecule has 4 nitrogen and oxygen atoms in total. The largest absolute Gasteiger partial charge is 0.476 e. The van der Waals surface area contributed by atoms with Gasteiger partial charge in [-0.3, -0.25) is 0 Å². The molecule has 1 saturated heterocycles. The summed E-state index contributed by atoms with van der Waals surface area (Å²) in [5.74, 6) is 2.49. The third-order valence-electron chi connectivity index (χ3n) is 4.02. The van der Waals surface area contributed by atoms with Crippen molar-refractivity contribution in [3.05, 3.63) is 12.1 Å². The van der Waals surface area contributed by atoms with Gasteiger partial charge in [0.25, 0.3) is 0 Å². The van der Waals surface area contributed by atoms with Crippen molar-refractivity contribution < 1.29 is 4.74 Å². The third-order valence-corrected chi connectivity index (χ3v) is 4.02. The molecule has 1 saturated carbocycles. The molecule has 2 bridgehead atoms. The van der Waals surface area contributed by atoms with E-state index in [0.717, 1.165) is 24.7 Å². The molecule has 4 heteroatoms. The Morgan fingerprint density at radius 3 is 3.00 bits per heavy atom. The zero-order valence-corrected chi connectivity index (χ0v) is 10.9. The van der Waals surface area contributed by atoms with Crippen LogP contribution in [0.2, 0.25) is 0 Å². The summed E-state index contributed by atoms with van der Waals surface area (Å²) in [5, 5.41) is 0. The molecule has 1 aromatic rings. The Bertz CT molecular complexity index is 435. The molecule has 1 aliphatic carbocycles. The Hall–Kier alpha value is -1.45. The summed E-state index contributed by atoms with van der Waals surface area (Å²) in [7, 11) is 0. The minimum atomic E-state index is 0.595. The van der Waals surface area contributed by atoms with Crippen molar-refractivity contribution in [1.82, 2.24) is 4.98 Å². The summed E-state index contributed by atoms with van der Waals surface area (Å²) in [5.41, 5.74) is 6.53. The molecule has 2 aliphatic rings. The van der Waals surface area contributed by atoms with Crippen LogP contribution in [0.15, 0.2) is 12.1 Å². The summed E-state index contributed by atoms with van der Waals surface area (Å²) in [4.78, 5) is 7.01. The number of ether oxygens (including phenoxy) is 1. The lowest BCUT2D eigenvalue weighted by molar-refractivity contribution is 0.307. The average molecular weight is 247 g/mol. The van der Waals surface area contributed by atoms with Gasteiger partial charge in [0.05, 0.1) is 12.3 Å². The molecule has 2 atom stereocenters. The van der Waals surface area contributed by atoms with Crippen molar-refractivity contribution in [1.29, 1.82) is 0 Å². The lowest BCUT2D eigenvalue weighted by Gasteiger charge is -2.28. The molecule has 0 radical (unpaired) electrons. The molecular weight excluding hydrogens is 226 g/mol. The number of nitrogens with zero attached hydrogens (tertiary/aromatic N) is 2. The predicted octanol–water partition coefficient (Wildman–Crippen LogP) is 2.44. The molecule has 0 spiro atoms. The third kappa shape index (κ3) is 2.00. The summed E-state index contributed by atoms with van der Waals surface area (Å²) < 4.78 is 5.60. The lowest BCUT2D eigenvalue weighted by atomic mass is 10.1. The van der Waals surface area contributed by atoms with Crippen LogP contribution in [0.25, 0.3) is 0 Å². The molecule has 3 rings (SSSR count). The second-order valence-corrected chi connectivity index (χ2v) is 5.40. The zero-order valence-electron chi connectivity index (χ0n) is 10.9. The smallest absolute Gasteiger partial charge is 0.239 e. The highest BCUT2D eigenvalue weighted by Crippen LogP contribution is 2.40. The molecule has 2 unspecified atom stereocenters. The maximum Gasteiger partial charge on any atom is 0.239 e. The Kier molecular flexibility index (Phi) is 3.02. The van der Waals surface area contributed by atoms with Gasteiger partial charge in [0.2, 0.25) is 5.88 Å². The van der Waals surface area contributed by atoms with Gasteiger partial charge in [-0.05, 0) is 43.7 Å². The number of hydrogen-bond donors (Lipinski definition) is 1. The SMILES string of the molecule is CCCOc1nc(N2CC3CCC2C3)ccc1N. The van der Waals surface area contributed by atoms with E-state index in [2.05, 4.69) is 16.8 Å². The van der Waals surface area contributed by atoms with E-state index in [9.17, 15) is 0 Å². The molecule has 2 N–H and O–H groups in total. The molecule has 0 amide bonds. The van der Waals surface area contributed by atoms with Gasteiger partial charge in [0.15, 0.2) is 0 Å². The fraction of sp³-hybridized carbons (Fsp3) is 0.643. The fourth-order valence-electron chi connectivity index (χ4n) is 3.12. The first kappa shape index (κ1) is 11.6. The lowest BCUT2D eigenvalue weighted by Crippen LogP contribution is -2.32. The standard InChI is InChI=1S/C14H21N3O/c1-2-7-18-14-12(15)5-6-13(16-14)17-9-10-3-4-11(17)8-10/h5-6,10-11H,2-4,7-9,15H2,1H3. The van der Waals surface area contributed by atoms with E-state index in [0.29, 0.717) is 24.2 Å². The topological polar surface area (TPSA) is 51.4 Å². The fourth-order valence-corrected chi connectivity index (χ4v) is 3.12. The maximum absolute atomic E-state index is 5.90. The van der Waals surface area contributed by atoms with Gasteiger partial charge in [-0.15, -0.1) is 0 Å². The molecule has 98 valence electrons. The van der Waals surface area contributed by atoms with Gasteiger partial charge < -0.3 is 15.4 Å². The highest BCUT2D eigenvalue weighted by Gasteiger charge is 2.38. The van der Waals surface area contributed by atoms with Crippen molar-refractivity contribution in [3.63, 3.8) is 0 Å². The van der Waals surface area contributed by atoms with E-state index in [4.69, 9.17) is 10.5 Å². The molecule has 2 heterocycles. The number of rotatable bonds is 4. The number of pyridine rings is 1. The van der Waals surface area contributed by atoms with E-state index >= 15 is 0 Å². The van der Waals surface area contributed by atoms with Crippen molar-refractivity contribution in [2.75, 3.05) is 23.8 Å². The van der Waals surface area contributed by atoms with Crippen LogP contribution in [0, 0.1) is 5.92 Å². The van der Waals surface area contributed by atoms with E-state index in [-0.39, 0.29) is 0 Å². The van der Waals surface area contributed by atoms with Crippen LogP contribution in [0.4, 0.5) is 11.5 Å². The van der Waals surface area contributed by atoms with Crippen LogP contribution >= 0.6 is 0 Å². The van der Waals surface area contributed by atoms with Crippen molar-refractivity contribution >= 4 is 11.5 Å². The van der Waals surface area contributed by atoms with E-state index in [1.165, 1.54) is 19.3 Å². The summed E-state index contributed by atoms with van der Waals surface area (Å²) in [6, 6.07) is 4.62. The molecule has 18 heavy (non-hydrogen) atoms. The number of anilines is 2. The van der Waals surface area contributed by atoms with E-state index in [1.54, 1.807) is 0 Å². The Morgan fingerprint density at radius 2 is 2.33 bits per heavy atom. The summed E-state index contributed by atoms with van der Waals surface area (Å²) >= 11 is 0. The summed E-state index contributed by atoms with van der Waals surface area (Å²) in [6.07, 6.45) is 4.99. The number of piperidine rings is 1. The highest BCUT2D eigenvalue weighted by atomic mass is 16.5. The molecule has 1 aliphatic heterocycles. The van der Waals surface area contributed by atoms with Gasteiger partial charge >= 0.3 is 0 Å². The van der Waals surface area contributed by atoms with Crippen molar-refractivity contribution in [2.45, 2.75) is 38.6 Å². The van der Waals surface area contributed by atoms with Gasteiger partial charge in [-0.2, -0.15) is 4.98 Å².